The van der Waals surface area contributed by atoms with Crippen molar-refractivity contribution in [3.05, 3.63) is 22.7 Å². The molecular weight excluding hydrogens is 318 g/mol. The van der Waals surface area contributed by atoms with Gasteiger partial charge in [-0.1, -0.05) is 0 Å². The van der Waals surface area contributed by atoms with Gasteiger partial charge in [0.1, 0.15) is 0 Å². The van der Waals surface area contributed by atoms with Gasteiger partial charge in [0.15, 0.2) is 5.03 Å². The Hall–Kier alpha value is -2.27. The van der Waals surface area contributed by atoms with E-state index in [9.17, 15) is 13.2 Å². The van der Waals surface area contributed by atoms with E-state index in [2.05, 4.69) is 20.3 Å². The minimum atomic E-state index is -4.01. The van der Waals surface area contributed by atoms with Crippen LogP contribution in [0, 0.1) is 6.92 Å². The molecule has 112 valence electrons. The molecule has 2 N–H and O–H groups in total. The van der Waals surface area contributed by atoms with Gasteiger partial charge in [0.2, 0.25) is 11.8 Å². The summed E-state index contributed by atoms with van der Waals surface area (Å²) in [6.45, 7) is 1.68. The van der Waals surface area contributed by atoms with Gasteiger partial charge in [-0.2, -0.15) is 13.4 Å². The van der Waals surface area contributed by atoms with Crippen LogP contribution in [0.5, 0.6) is 5.88 Å². The third-order valence-electron chi connectivity index (χ3n) is 2.18. The van der Waals surface area contributed by atoms with Gasteiger partial charge in [-0.3, -0.25) is 5.32 Å². The topological polar surface area (TPSA) is 123 Å². The molecule has 0 saturated heterocycles. The molecule has 2 aromatic rings. The van der Waals surface area contributed by atoms with Crippen molar-refractivity contribution in [3.63, 3.8) is 0 Å². The molecule has 2 aromatic heterocycles. The summed E-state index contributed by atoms with van der Waals surface area (Å²) in [6, 6.07) is 0.574. The van der Waals surface area contributed by atoms with Crippen molar-refractivity contribution in [2.24, 2.45) is 0 Å². The van der Waals surface area contributed by atoms with E-state index in [-0.39, 0.29) is 16.9 Å². The van der Waals surface area contributed by atoms with E-state index in [4.69, 9.17) is 4.74 Å². The van der Waals surface area contributed by atoms with Crippen LogP contribution in [0.15, 0.2) is 22.0 Å². The van der Waals surface area contributed by atoms with Gasteiger partial charge in [0, 0.05) is 17.1 Å². The zero-order valence-electron chi connectivity index (χ0n) is 11.0. The van der Waals surface area contributed by atoms with E-state index in [1.165, 1.54) is 18.0 Å². The second-order valence-electron chi connectivity index (χ2n) is 3.76. The normalized spacial score (nSPS) is 11.0. The van der Waals surface area contributed by atoms with Crippen molar-refractivity contribution in [1.29, 1.82) is 0 Å². The molecule has 11 heteroatoms. The molecule has 0 radical (unpaired) electrons. The molecule has 9 nitrogen and oxygen atoms in total. The predicted octanol–water partition coefficient (Wildman–Crippen LogP) is 0.761. The van der Waals surface area contributed by atoms with Crippen molar-refractivity contribution in [2.75, 3.05) is 12.4 Å². The van der Waals surface area contributed by atoms with Crippen LogP contribution in [0.2, 0.25) is 0 Å². The molecular formula is C10H11N5O4S2. The number of urea groups is 1. The quantitative estimate of drug-likeness (QED) is 0.848. The van der Waals surface area contributed by atoms with Crippen LogP contribution in [-0.2, 0) is 10.0 Å². The zero-order chi connectivity index (χ0) is 15.5. The Morgan fingerprint density at radius 2 is 2.14 bits per heavy atom. The lowest BCUT2D eigenvalue weighted by molar-refractivity contribution is 0.256. The summed E-state index contributed by atoms with van der Waals surface area (Å²) >= 11 is 1.10. The summed E-state index contributed by atoms with van der Waals surface area (Å²) in [4.78, 5) is 23.1. The van der Waals surface area contributed by atoms with Crippen LogP contribution in [0.3, 0.4) is 0 Å². The Morgan fingerprint density at radius 3 is 2.76 bits per heavy atom. The smallest absolute Gasteiger partial charge is 0.335 e. The molecule has 0 saturated carbocycles. The average Bonchev–Trinajstić information content (AvgIpc) is 2.91. The first-order valence-corrected chi connectivity index (χ1v) is 7.95. The SMILES string of the molecule is COc1cc(C)nc(NC(=O)NS(=O)(=O)c2cscn2)n1. The third-order valence-corrected chi connectivity index (χ3v) is 4.14. The first kappa shape index (κ1) is 15.1. The summed E-state index contributed by atoms with van der Waals surface area (Å²) in [7, 11) is -2.60. The Labute approximate surface area is 124 Å². The van der Waals surface area contributed by atoms with Gasteiger partial charge >= 0.3 is 6.03 Å². The Morgan fingerprint density at radius 1 is 1.38 bits per heavy atom. The van der Waals surface area contributed by atoms with Gasteiger partial charge in [0.25, 0.3) is 10.0 Å². The number of aromatic nitrogens is 3. The van der Waals surface area contributed by atoms with Gasteiger partial charge < -0.3 is 4.74 Å². The van der Waals surface area contributed by atoms with Crippen molar-refractivity contribution >= 4 is 33.3 Å². The van der Waals surface area contributed by atoms with Crippen LogP contribution < -0.4 is 14.8 Å². The minimum Gasteiger partial charge on any atom is -0.481 e. The zero-order valence-corrected chi connectivity index (χ0v) is 12.7. The van der Waals surface area contributed by atoms with Crippen molar-refractivity contribution < 1.29 is 17.9 Å². The summed E-state index contributed by atoms with van der Waals surface area (Å²) in [5, 5.41) is 3.30. The first-order chi connectivity index (χ1) is 9.90. The fourth-order valence-corrected chi connectivity index (χ4v) is 3.08. The molecule has 0 aliphatic carbocycles. The number of ether oxygens (including phenoxy) is 1. The van der Waals surface area contributed by atoms with Crippen molar-refractivity contribution in [2.45, 2.75) is 11.9 Å². The van der Waals surface area contributed by atoms with E-state index < -0.39 is 16.1 Å². The molecule has 2 rings (SSSR count). The second-order valence-corrected chi connectivity index (χ2v) is 6.11. The number of hydrogen-bond acceptors (Lipinski definition) is 8. The molecule has 2 amide bonds. The molecule has 0 spiro atoms. The molecule has 0 fully saturated rings. The summed E-state index contributed by atoms with van der Waals surface area (Å²) in [6.07, 6.45) is 0. The number of carbonyl (C=O) groups is 1. The van der Waals surface area contributed by atoms with Gasteiger partial charge in [-0.15, -0.1) is 11.3 Å². The van der Waals surface area contributed by atoms with E-state index in [0.29, 0.717) is 5.69 Å². The van der Waals surface area contributed by atoms with Crippen LogP contribution in [-0.4, -0.2) is 36.5 Å². The highest BCUT2D eigenvalue weighted by atomic mass is 32.2. The number of aryl methyl sites for hydroxylation is 1. The third kappa shape index (κ3) is 3.86. The van der Waals surface area contributed by atoms with Crippen LogP contribution in [0.25, 0.3) is 0 Å². The monoisotopic (exact) mass is 329 g/mol. The summed E-state index contributed by atoms with van der Waals surface area (Å²) in [5.41, 5.74) is 1.90. The Kier molecular flexibility index (Phi) is 4.33. The van der Waals surface area contributed by atoms with Crippen LogP contribution in [0.1, 0.15) is 5.69 Å². The molecule has 0 aromatic carbocycles. The number of anilines is 1. The maximum absolute atomic E-state index is 11.8. The van der Waals surface area contributed by atoms with Gasteiger partial charge in [-0.25, -0.2) is 19.5 Å². The number of rotatable bonds is 4. The molecule has 0 aliphatic rings. The van der Waals surface area contributed by atoms with Gasteiger partial charge in [0.05, 0.1) is 12.6 Å². The number of amides is 2. The van der Waals surface area contributed by atoms with Gasteiger partial charge in [-0.05, 0) is 6.92 Å². The fraction of sp³-hybridized carbons (Fsp3) is 0.200. The Bertz CT molecular complexity index is 745. The minimum absolute atomic E-state index is 0.0715. The molecule has 0 unspecified atom stereocenters. The fourth-order valence-electron chi connectivity index (χ4n) is 1.34. The summed E-state index contributed by atoms with van der Waals surface area (Å²) in [5.74, 6) is 0.179. The van der Waals surface area contributed by atoms with Crippen LogP contribution >= 0.6 is 11.3 Å². The number of thiazole rings is 1. The highest BCUT2D eigenvalue weighted by Crippen LogP contribution is 2.12. The highest BCUT2D eigenvalue weighted by molar-refractivity contribution is 7.90. The lowest BCUT2D eigenvalue weighted by Gasteiger charge is -2.07. The number of methoxy groups -OCH3 is 1. The molecule has 0 aliphatic heterocycles. The van der Waals surface area contributed by atoms with Crippen LogP contribution in [0.4, 0.5) is 10.7 Å². The molecule has 0 atom stereocenters. The number of sulfonamides is 1. The van der Waals surface area contributed by atoms with Crippen molar-refractivity contribution in [3.8, 4) is 5.88 Å². The van der Waals surface area contributed by atoms with E-state index in [0.717, 1.165) is 11.3 Å². The standard InChI is InChI=1S/C10H11N5O4S2/c1-6-3-7(19-2)13-9(12-6)14-10(16)15-21(17,18)8-4-20-5-11-8/h3-5H,1-2H3,(H2,12,13,14,15,16). The maximum atomic E-state index is 11.8. The first-order valence-electron chi connectivity index (χ1n) is 5.52. The predicted molar refractivity (Wildman–Crippen MR) is 74.8 cm³/mol. The number of hydrogen-bond donors (Lipinski definition) is 2. The highest BCUT2D eigenvalue weighted by Gasteiger charge is 2.20. The van der Waals surface area contributed by atoms with E-state index >= 15 is 0 Å². The molecule has 21 heavy (non-hydrogen) atoms. The lowest BCUT2D eigenvalue weighted by Crippen LogP contribution is -2.35. The van der Waals surface area contributed by atoms with E-state index in [1.54, 1.807) is 13.0 Å². The van der Waals surface area contributed by atoms with E-state index in [1.807, 2.05) is 4.72 Å². The maximum Gasteiger partial charge on any atom is 0.335 e. The largest absolute Gasteiger partial charge is 0.481 e. The average molecular weight is 329 g/mol. The van der Waals surface area contributed by atoms with Crippen molar-refractivity contribution in [1.82, 2.24) is 19.7 Å². The number of carbonyl (C=O) groups excluding carboxylic acids is 1. The number of nitrogens with zero attached hydrogens (tertiary/aromatic N) is 3. The lowest BCUT2D eigenvalue weighted by atomic mass is 10.4. The molecule has 2 heterocycles. The molecule has 0 bridgehead atoms. The summed E-state index contributed by atoms with van der Waals surface area (Å²) < 4.78 is 30.3. The second kappa shape index (κ2) is 6.01. The Balaban J connectivity index is 2.10. The number of nitrogens with one attached hydrogen (secondary N) is 2.